The van der Waals surface area contributed by atoms with Crippen molar-refractivity contribution in [3.8, 4) is 17.2 Å². The lowest BCUT2D eigenvalue weighted by molar-refractivity contribution is -0.383. The molecule has 1 heterocycles. The van der Waals surface area contributed by atoms with E-state index in [-0.39, 0.29) is 17.3 Å². The molecule has 0 spiro atoms. The Labute approximate surface area is 173 Å². The Bertz CT molecular complexity index is 1030. The van der Waals surface area contributed by atoms with Gasteiger partial charge in [0.05, 0.1) is 31.4 Å². The number of anilines is 4. The molecule has 1 aromatic heterocycles. The molecule has 0 atom stereocenters. The fourth-order valence-corrected chi connectivity index (χ4v) is 2.70. The highest BCUT2D eigenvalue weighted by Crippen LogP contribution is 2.36. The predicted octanol–water partition coefficient (Wildman–Crippen LogP) is 4.29. The Morgan fingerprint density at radius 3 is 2.23 bits per heavy atom. The summed E-state index contributed by atoms with van der Waals surface area (Å²) in [6, 6.07) is 12.1. The first kappa shape index (κ1) is 20.6. The van der Waals surface area contributed by atoms with Crippen LogP contribution in [-0.2, 0) is 0 Å². The molecule has 3 rings (SSSR count). The zero-order valence-corrected chi connectivity index (χ0v) is 16.7. The zero-order valence-electron chi connectivity index (χ0n) is 16.7. The van der Waals surface area contributed by atoms with Crippen LogP contribution in [0, 0.1) is 10.1 Å². The SMILES string of the molecule is CCOc1ccc(Nc2ncnc(Nc3ccc(OC)cc3OC)c2[N+](=O)[O-])cc1. The number of hydrogen-bond donors (Lipinski definition) is 2. The third kappa shape index (κ3) is 4.66. The molecular formula is C20H21N5O5. The lowest BCUT2D eigenvalue weighted by Gasteiger charge is -2.13. The highest BCUT2D eigenvalue weighted by atomic mass is 16.6. The van der Waals surface area contributed by atoms with Gasteiger partial charge in [-0.05, 0) is 43.3 Å². The second kappa shape index (κ2) is 9.41. The van der Waals surface area contributed by atoms with E-state index in [4.69, 9.17) is 14.2 Å². The van der Waals surface area contributed by atoms with Crippen molar-refractivity contribution in [3.63, 3.8) is 0 Å². The summed E-state index contributed by atoms with van der Waals surface area (Å²) in [5, 5.41) is 17.7. The van der Waals surface area contributed by atoms with Gasteiger partial charge >= 0.3 is 5.69 Å². The average molecular weight is 411 g/mol. The number of nitrogens with one attached hydrogen (secondary N) is 2. The maximum absolute atomic E-state index is 11.8. The van der Waals surface area contributed by atoms with E-state index in [0.717, 1.165) is 0 Å². The number of nitrogens with zero attached hydrogens (tertiary/aromatic N) is 3. The van der Waals surface area contributed by atoms with Crippen molar-refractivity contribution in [3.05, 3.63) is 58.9 Å². The van der Waals surface area contributed by atoms with E-state index in [1.54, 1.807) is 42.5 Å². The van der Waals surface area contributed by atoms with Gasteiger partial charge in [0.2, 0.25) is 11.6 Å². The largest absolute Gasteiger partial charge is 0.497 e. The number of hydrogen-bond acceptors (Lipinski definition) is 9. The van der Waals surface area contributed by atoms with Gasteiger partial charge in [-0.3, -0.25) is 10.1 Å². The van der Waals surface area contributed by atoms with E-state index in [1.807, 2.05) is 6.92 Å². The molecule has 0 aliphatic heterocycles. The van der Waals surface area contributed by atoms with Gasteiger partial charge in [0, 0.05) is 11.8 Å². The molecule has 0 amide bonds. The summed E-state index contributed by atoms with van der Waals surface area (Å²) in [5.74, 6) is 1.81. The van der Waals surface area contributed by atoms with Gasteiger partial charge in [-0.25, -0.2) is 9.97 Å². The molecule has 30 heavy (non-hydrogen) atoms. The van der Waals surface area contributed by atoms with Crippen molar-refractivity contribution in [2.24, 2.45) is 0 Å². The van der Waals surface area contributed by atoms with Crippen molar-refractivity contribution in [2.75, 3.05) is 31.5 Å². The van der Waals surface area contributed by atoms with Crippen LogP contribution in [0.2, 0.25) is 0 Å². The summed E-state index contributed by atoms with van der Waals surface area (Å²) in [6.45, 7) is 2.44. The third-order valence-electron chi connectivity index (χ3n) is 4.09. The van der Waals surface area contributed by atoms with Crippen LogP contribution >= 0.6 is 0 Å². The molecule has 10 nitrogen and oxygen atoms in total. The number of aromatic nitrogens is 2. The number of nitro groups is 1. The molecule has 0 radical (unpaired) electrons. The first-order valence-corrected chi connectivity index (χ1v) is 9.04. The minimum absolute atomic E-state index is 0.0203. The Morgan fingerprint density at radius 1 is 0.967 bits per heavy atom. The highest BCUT2D eigenvalue weighted by molar-refractivity contribution is 5.78. The Morgan fingerprint density at radius 2 is 1.63 bits per heavy atom. The van der Waals surface area contributed by atoms with E-state index >= 15 is 0 Å². The van der Waals surface area contributed by atoms with Gasteiger partial charge in [-0.2, -0.15) is 0 Å². The summed E-state index contributed by atoms with van der Waals surface area (Å²) in [4.78, 5) is 19.3. The Balaban J connectivity index is 1.92. The van der Waals surface area contributed by atoms with Gasteiger partial charge < -0.3 is 24.8 Å². The van der Waals surface area contributed by atoms with E-state index in [9.17, 15) is 10.1 Å². The predicted molar refractivity (Wildman–Crippen MR) is 112 cm³/mol. The van der Waals surface area contributed by atoms with Crippen LogP contribution in [-0.4, -0.2) is 35.7 Å². The van der Waals surface area contributed by atoms with Crippen LogP contribution in [0.25, 0.3) is 0 Å². The summed E-state index contributed by atoms with van der Waals surface area (Å²) in [6.07, 6.45) is 1.24. The Hall–Kier alpha value is -4.08. The number of rotatable bonds is 9. The lowest BCUT2D eigenvalue weighted by Crippen LogP contribution is -2.06. The molecule has 3 aromatic rings. The van der Waals surface area contributed by atoms with E-state index in [0.29, 0.717) is 35.2 Å². The maximum Gasteiger partial charge on any atom is 0.353 e. The van der Waals surface area contributed by atoms with Gasteiger partial charge in [-0.15, -0.1) is 0 Å². The van der Waals surface area contributed by atoms with Gasteiger partial charge in [0.1, 0.15) is 23.6 Å². The first-order valence-electron chi connectivity index (χ1n) is 9.04. The van der Waals surface area contributed by atoms with Crippen LogP contribution in [0.3, 0.4) is 0 Å². The fourth-order valence-electron chi connectivity index (χ4n) is 2.70. The van der Waals surface area contributed by atoms with Gasteiger partial charge in [-0.1, -0.05) is 0 Å². The zero-order chi connectivity index (χ0) is 21.5. The quantitative estimate of drug-likeness (QED) is 0.392. The number of methoxy groups -OCH3 is 2. The van der Waals surface area contributed by atoms with Crippen molar-refractivity contribution in [2.45, 2.75) is 6.92 Å². The van der Waals surface area contributed by atoms with E-state index in [2.05, 4.69) is 20.6 Å². The molecule has 0 aliphatic carbocycles. The average Bonchev–Trinajstić information content (AvgIpc) is 2.75. The second-order valence-electron chi connectivity index (χ2n) is 5.95. The molecule has 156 valence electrons. The normalized spacial score (nSPS) is 10.2. The summed E-state index contributed by atoms with van der Waals surface area (Å²) in [5.41, 5.74) is 0.810. The molecular weight excluding hydrogens is 390 g/mol. The van der Waals surface area contributed by atoms with Gasteiger partial charge in [0.25, 0.3) is 0 Å². The maximum atomic E-state index is 11.8. The number of benzene rings is 2. The topological polar surface area (TPSA) is 121 Å². The van der Waals surface area contributed by atoms with Crippen molar-refractivity contribution < 1.29 is 19.1 Å². The summed E-state index contributed by atoms with van der Waals surface area (Å²) < 4.78 is 15.9. The minimum atomic E-state index is -0.546. The monoisotopic (exact) mass is 411 g/mol. The first-order chi connectivity index (χ1) is 14.5. The minimum Gasteiger partial charge on any atom is -0.497 e. The van der Waals surface area contributed by atoms with Crippen LogP contribution < -0.4 is 24.8 Å². The second-order valence-corrected chi connectivity index (χ2v) is 5.95. The fraction of sp³-hybridized carbons (Fsp3) is 0.200. The van der Waals surface area contributed by atoms with Crippen LogP contribution in [0.5, 0.6) is 17.2 Å². The summed E-state index contributed by atoms with van der Waals surface area (Å²) >= 11 is 0. The smallest absolute Gasteiger partial charge is 0.353 e. The van der Waals surface area contributed by atoms with Gasteiger partial charge in [0.15, 0.2) is 0 Å². The standard InChI is InChI=1S/C20H21N5O5/c1-4-30-14-7-5-13(6-8-14)23-19-18(25(26)27)20(22-12-21-19)24-16-10-9-15(28-2)11-17(16)29-3/h5-12H,4H2,1-3H3,(H2,21,22,23,24). The third-order valence-corrected chi connectivity index (χ3v) is 4.09. The Kier molecular flexibility index (Phi) is 6.48. The lowest BCUT2D eigenvalue weighted by atomic mass is 10.2. The molecule has 0 unspecified atom stereocenters. The van der Waals surface area contributed by atoms with Crippen molar-refractivity contribution >= 4 is 28.7 Å². The molecule has 10 heteroatoms. The van der Waals surface area contributed by atoms with E-state index < -0.39 is 4.92 Å². The van der Waals surface area contributed by atoms with Crippen molar-refractivity contribution in [1.29, 1.82) is 0 Å². The summed E-state index contributed by atoms with van der Waals surface area (Å²) in [7, 11) is 3.03. The van der Waals surface area contributed by atoms with Crippen molar-refractivity contribution in [1.82, 2.24) is 9.97 Å². The number of ether oxygens (including phenoxy) is 3. The molecule has 0 bridgehead atoms. The molecule has 2 aromatic carbocycles. The van der Waals surface area contributed by atoms with Crippen LogP contribution in [0.1, 0.15) is 6.92 Å². The molecule has 0 saturated heterocycles. The highest BCUT2D eigenvalue weighted by Gasteiger charge is 2.24. The van der Waals surface area contributed by atoms with Crippen LogP contribution in [0.15, 0.2) is 48.8 Å². The molecule has 0 aliphatic rings. The molecule has 2 N–H and O–H groups in total. The molecule has 0 saturated carbocycles. The molecule has 0 fully saturated rings. The van der Waals surface area contributed by atoms with E-state index in [1.165, 1.54) is 20.5 Å². The van der Waals surface area contributed by atoms with Crippen LogP contribution in [0.4, 0.5) is 28.7 Å².